The molecule has 0 fully saturated rings. The molecule has 4 heteroatoms. The number of nitrogens with one attached hydrogen (secondary N) is 1. The molecule has 1 atom stereocenters. The molecule has 2 aromatic rings. The zero-order valence-corrected chi connectivity index (χ0v) is 13.4. The number of rotatable bonds is 6. The lowest BCUT2D eigenvalue weighted by Gasteiger charge is -2.13. The van der Waals surface area contributed by atoms with E-state index in [4.69, 9.17) is 23.2 Å². The maximum atomic E-state index is 6.21. The Morgan fingerprint density at radius 2 is 2.05 bits per heavy atom. The van der Waals surface area contributed by atoms with Gasteiger partial charge in [-0.3, -0.25) is 0 Å². The monoisotopic (exact) mass is 310 g/mol. The molecule has 1 heterocycles. The second kappa shape index (κ2) is 7.16. The molecule has 108 valence electrons. The summed E-state index contributed by atoms with van der Waals surface area (Å²) in [6.07, 6.45) is 6.57. The van der Waals surface area contributed by atoms with Gasteiger partial charge in [0.25, 0.3) is 0 Å². The molecule has 2 rings (SSSR count). The first-order chi connectivity index (χ1) is 9.63. The van der Waals surface area contributed by atoms with Gasteiger partial charge in [0, 0.05) is 35.0 Å². The fourth-order valence-electron chi connectivity index (χ4n) is 2.39. The third kappa shape index (κ3) is 3.78. The summed E-state index contributed by atoms with van der Waals surface area (Å²) in [5, 5.41) is 4.83. The first kappa shape index (κ1) is 15.4. The number of hydrogen-bond acceptors (Lipinski definition) is 1. The van der Waals surface area contributed by atoms with Crippen molar-refractivity contribution < 1.29 is 0 Å². The van der Waals surface area contributed by atoms with E-state index in [0.29, 0.717) is 6.04 Å². The van der Waals surface area contributed by atoms with Crippen molar-refractivity contribution in [3.05, 3.63) is 57.8 Å². The Labute approximate surface area is 130 Å². The van der Waals surface area contributed by atoms with Crippen LogP contribution in [0.25, 0.3) is 0 Å². The minimum absolute atomic E-state index is 0.413. The van der Waals surface area contributed by atoms with Crippen LogP contribution >= 0.6 is 23.2 Å². The fraction of sp³-hybridized carbons (Fsp3) is 0.375. The topological polar surface area (TPSA) is 17.0 Å². The molecule has 0 radical (unpaired) electrons. The second-order valence-electron chi connectivity index (χ2n) is 4.98. The summed E-state index contributed by atoms with van der Waals surface area (Å²) in [6.45, 7) is 2.94. The van der Waals surface area contributed by atoms with Gasteiger partial charge in [-0.1, -0.05) is 36.5 Å². The molecule has 0 saturated carbocycles. The highest BCUT2D eigenvalue weighted by Crippen LogP contribution is 2.23. The molecule has 2 nitrogen and oxygen atoms in total. The Morgan fingerprint density at radius 3 is 2.75 bits per heavy atom. The molecule has 0 aliphatic carbocycles. The van der Waals surface area contributed by atoms with E-state index in [2.05, 4.69) is 35.3 Å². The number of nitrogens with zero attached hydrogens (tertiary/aromatic N) is 1. The van der Waals surface area contributed by atoms with Gasteiger partial charge < -0.3 is 9.88 Å². The van der Waals surface area contributed by atoms with Crippen LogP contribution in [0.1, 0.15) is 36.9 Å². The lowest BCUT2D eigenvalue weighted by Crippen LogP contribution is -2.15. The van der Waals surface area contributed by atoms with Gasteiger partial charge in [0.2, 0.25) is 0 Å². The highest BCUT2D eigenvalue weighted by atomic mass is 35.5. The van der Waals surface area contributed by atoms with E-state index >= 15 is 0 Å². The minimum Gasteiger partial charge on any atom is -0.350 e. The zero-order valence-electron chi connectivity index (χ0n) is 11.9. The SMILES string of the molecule is CCCC(NC)c1ccn(Cc2cc(Cl)ccc2Cl)c1. The molecule has 0 spiro atoms. The number of aromatic nitrogens is 1. The van der Waals surface area contributed by atoms with Crippen LogP contribution in [-0.4, -0.2) is 11.6 Å². The van der Waals surface area contributed by atoms with E-state index in [1.54, 1.807) is 0 Å². The number of benzene rings is 1. The Bertz CT molecular complexity index is 563. The van der Waals surface area contributed by atoms with Gasteiger partial charge in [-0.15, -0.1) is 0 Å². The molecule has 1 aromatic carbocycles. The normalized spacial score (nSPS) is 12.6. The first-order valence-corrected chi connectivity index (χ1v) is 7.66. The van der Waals surface area contributed by atoms with Crippen molar-refractivity contribution in [2.45, 2.75) is 32.4 Å². The molecular weight excluding hydrogens is 291 g/mol. The highest BCUT2D eigenvalue weighted by Gasteiger charge is 2.10. The molecule has 0 amide bonds. The zero-order chi connectivity index (χ0) is 14.5. The summed E-state index contributed by atoms with van der Waals surface area (Å²) in [7, 11) is 2.01. The van der Waals surface area contributed by atoms with Gasteiger partial charge in [-0.05, 0) is 48.9 Å². The maximum Gasteiger partial charge on any atom is 0.0485 e. The van der Waals surface area contributed by atoms with Crippen LogP contribution < -0.4 is 5.32 Å². The summed E-state index contributed by atoms with van der Waals surface area (Å²) in [5.74, 6) is 0. The van der Waals surface area contributed by atoms with E-state index in [1.165, 1.54) is 5.56 Å². The van der Waals surface area contributed by atoms with Gasteiger partial charge in [0.1, 0.15) is 0 Å². The Balaban J connectivity index is 2.14. The Hall–Kier alpha value is -0.960. The van der Waals surface area contributed by atoms with Crippen molar-refractivity contribution in [1.29, 1.82) is 0 Å². The van der Waals surface area contributed by atoms with Crippen LogP contribution in [-0.2, 0) is 6.54 Å². The van der Waals surface area contributed by atoms with Gasteiger partial charge >= 0.3 is 0 Å². The van der Waals surface area contributed by atoms with Gasteiger partial charge in [-0.2, -0.15) is 0 Å². The summed E-state index contributed by atoms with van der Waals surface area (Å²) in [4.78, 5) is 0. The second-order valence-corrected chi connectivity index (χ2v) is 5.83. The lowest BCUT2D eigenvalue weighted by atomic mass is 10.1. The molecule has 20 heavy (non-hydrogen) atoms. The predicted octanol–water partition coefficient (Wildman–Crippen LogP) is 4.90. The van der Waals surface area contributed by atoms with Crippen molar-refractivity contribution in [3.8, 4) is 0 Å². The summed E-state index contributed by atoms with van der Waals surface area (Å²) in [5.41, 5.74) is 2.35. The third-order valence-electron chi connectivity index (χ3n) is 3.46. The van der Waals surface area contributed by atoms with Crippen LogP contribution in [0.5, 0.6) is 0 Å². The summed E-state index contributed by atoms with van der Waals surface area (Å²) < 4.78 is 2.15. The van der Waals surface area contributed by atoms with Crippen molar-refractivity contribution in [1.82, 2.24) is 9.88 Å². The molecule has 0 aliphatic heterocycles. The number of hydrogen-bond donors (Lipinski definition) is 1. The summed E-state index contributed by atoms with van der Waals surface area (Å²) in [6, 6.07) is 8.15. The van der Waals surface area contributed by atoms with E-state index in [-0.39, 0.29) is 0 Å². The maximum absolute atomic E-state index is 6.21. The predicted molar refractivity (Wildman–Crippen MR) is 86.7 cm³/mol. The molecule has 0 aliphatic rings. The molecule has 1 unspecified atom stereocenters. The van der Waals surface area contributed by atoms with Crippen molar-refractivity contribution >= 4 is 23.2 Å². The Kier molecular flexibility index (Phi) is 5.53. The van der Waals surface area contributed by atoms with E-state index in [9.17, 15) is 0 Å². The first-order valence-electron chi connectivity index (χ1n) is 6.91. The van der Waals surface area contributed by atoms with Gasteiger partial charge in [0.15, 0.2) is 0 Å². The molecule has 0 saturated heterocycles. The average molecular weight is 311 g/mol. The van der Waals surface area contributed by atoms with Crippen molar-refractivity contribution in [2.75, 3.05) is 7.05 Å². The smallest absolute Gasteiger partial charge is 0.0485 e. The molecule has 1 N–H and O–H groups in total. The van der Waals surface area contributed by atoms with Crippen LogP contribution in [0.15, 0.2) is 36.7 Å². The third-order valence-corrected chi connectivity index (χ3v) is 4.07. The van der Waals surface area contributed by atoms with Crippen LogP contribution in [0.3, 0.4) is 0 Å². The molecular formula is C16H20Cl2N2. The van der Waals surface area contributed by atoms with Crippen molar-refractivity contribution in [3.63, 3.8) is 0 Å². The summed E-state index contributed by atoms with van der Waals surface area (Å²) >= 11 is 12.2. The standard InChI is InChI=1S/C16H20Cl2N2/c1-3-4-16(19-2)12-7-8-20(10-12)11-13-9-14(17)5-6-15(13)18/h5-10,16,19H,3-4,11H2,1-2H3. The van der Waals surface area contributed by atoms with Crippen LogP contribution in [0.4, 0.5) is 0 Å². The molecule has 1 aromatic heterocycles. The van der Waals surface area contributed by atoms with Crippen LogP contribution in [0, 0.1) is 0 Å². The Morgan fingerprint density at radius 1 is 1.25 bits per heavy atom. The highest BCUT2D eigenvalue weighted by molar-refractivity contribution is 6.33. The van der Waals surface area contributed by atoms with Crippen molar-refractivity contribution in [2.24, 2.45) is 0 Å². The minimum atomic E-state index is 0.413. The van der Waals surface area contributed by atoms with E-state index in [1.807, 2.05) is 25.2 Å². The van der Waals surface area contributed by atoms with Gasteiger partial charge in [0.05, 0.1) is 0 Å². The quantitative estimate of drug-likeness (QED) is 0.802. The average Bonchev–Trinajstić information content (AvgIpc) is 2.88. The largest absolute Gasteiger partial charge is 0.350 e. The van der Waals surface area contributed by atoms with E-state index < -0.39 is 0 Å². The lowest BCUT2D eigenvalue weighted by molar-refractivity contribution is 0.540. The molecule has 0 bridgehead atoms. The van der Waals surface area contributed by atoms with Crippen LogP contribution in [0.2, 0.25) is 10.0 Å². The number of halogens is 2. The van der Waals surface area contributed by atoms with E-state index in [0.717, 1.165) is 35.0 Å². The van der Waals surface area contributed by atoms with Gasteiger partial charge in [-0.25, -0.2) is 0 Å². The fourth-order valence-corrected chi connectivity index (χ4v) is 2.76.